The maximum atomic E-state index is 13.0. The van der Waals surface area contributed by atoms with E-state index in [4.69, 9.17) is 14.2 Å². The van der Waals surface area contributed by atoms with Crippen LogP contribution in [0.5, 0.6) is 0 Å². The van der Waals surface area contributed by atoms with E-state index in [9.17, 15) is 35.1 Å². The number of carbonyl (C=O) groups excluding carboxylic acids is 2. The molecule has 1 amide bonds. The van der Waals surface area contributed by atoms with Crippen molar-refractivity contribution in [1.82, 2.24) is 5.32 Å². The molecule has 7 atom stereocenters. The molecule has 0 aromatic carbocycles. The number of hydrogen-bond acceptors (Lipinski definition) is 10. The fraction of sp³-hybridized carbons (Fsp3) is 0.859. The third-order valence-electron chi connectivity index (χ3n) is 16.4. The lowest BCUT2D eigenvalue weighted by Gasteiger charge is -2.40. The van der Waals surface area contributed by atoms with Crippen molar-refractivity contribution >= 4 is 11.9 Å². The van der Waals surface area contributed by atoms with Crippen LogP contribution in [-0.2, 0) is 23.8 Å². The second kappa shape index (κ2) is 60.3. The monoisotopic (exact) mass is 1160 g/mol. The molecule has 11 nitrogen and oxygen atoms in total. The van der Waals surface area contributed by atoms with E-state index in [2.05, 4.69) is 55.6 Å². The first-order chi connectivity index (χ1) is 40.2. The summed E-state index contributed by atoms with van der Waals surface area (Å²) in [6.45, 7) is 4.30. The van der Waals surface area contributed by atoms with Gasteiger partial charge >= 0.3 is 5.97 Å². The highest BCUT2D eigenvalue weighted by Crippen LogP contribution is 2.23. The molecule has 1 heterocycles. The van der Waals surface area contributed by atoms with Crippen molar-refractivity contribution in [1.29, 1.82) is 0 Å². The van der Waals surface area contributed by atoms with Gasteiger partial charge in [-0.25, -0.2) is 0 Å². The van der Waals surface area contributed by atoms with Crippen LogP contribution in [0.3, 0.4) is 0 Å². The summed E-state index contributed by atoms with van der Waals surface area (Å²) < 4.78 is 16.7. The average Bonchev–Trinajstić information content (AvgIpc) is 3.63. The van der Waals surface area contributed by atoms with E-state index in [1.807, 2.05) is 6.08 Å². The van der Waals surface area contributed by atoms with Crippen molar-refractivity contribution < 1.29 is 49.3 Å². The van der Waals surface area contributed by atoms with E-state index in [1.54, 1.807) is 6.08 Å². The average molecular weight is 1160 g/mol. The highest BCUT2D eigenvalue weighted by molar-refractivity contribution is 5.76. The fourth-order valence-electron chi connectivity index (χ4n) is 10.9. The summed E-state index contributed by atoms with van der Waals surface area (Å²) in [5.41, 5.74) is 0. The molecule has 0 aliphatic carbocycles. The molecule has 0 radical (unpaired) electrons. The van der Waals surface area contributed by atoms with E-state index >= 15 is 0 Å². The molecule has 1 rings (SSSR count). The Balaban J connectivity index is 1.92. The van der Waals surface area contributed by atoms with Gasteiger partial charge < -0.3 is 45.1 Å². The minimum Gasteiger partial charge on any atom is -0.466 e. The molecule has 1 aliphatic heterocycles. The summed E-state index contributed by atoms with van der Waals surface area (Å²) in [6, 6.07) is -0.808. The molecular formula is C71H131NO10. The Morgan fingerprint density at radius 2 is 0.817 bits per heavy atom. The Kier molecular flexibility index (Phi) is 57.1. The zero-order valence-corrected chi connectivity index (χ0v) is 53.2. The molecule has 1 fully saturated rings. The minimum atomic E-state index is -1.57. The molecule has 480 valence electrons. The molecule has 6 N–H and O–H groups in total. The van der Waals surface area contributed by atoms with Gasteiger partial charge in [-0.3, -0.25) is 9.59 Å². The number of aliphatic hydroxyl groups excluding tert-OH is 5. The summed E-state index contributed by atoms with van der Waals surface area (Å²) >= 11 is 0. The van der Waals surface area contributed by atoms with E-state index in [1.165, 1.54) is 238 Å². The van der Waals surface area contributed by atoms with Gasteiger partial charge in [0.25, 0.3) is 0 Å². The van der Waals surface area contributed by atoms with Crippen molar-refractivity contribution in [2.75, 3.05) is 19.8 Å². The lowest BCUT2D eigenvalue weighted by Crippen LogP contribution is -2.60. The van der Waals surface area contributed by atoms with Crippen molar-refractivity contribution in [3.8, 4) is 0 Å². The van der Waals surface area contributed by atoms with Gasteiger partial charge in [0.2, 0.25) is 5.91 Å². The van der Waals surface area contributed by atoms with E-state index < -0.39 is 49.5 Å². The molecule has 1 aliphatic rings. The molecule has 82 heavy (non-hydrogen) atoms. The predicted molar refractivity (Wildman–Crippen MR) is 343 cm³/mol. The number of esters is 1. The van der Waals surface area contributed by atoms with Gasteiger partial charge in [-0.05, 0) is 89.9 Å². The first-order valence-electron chi connectivity index (χ1n) is 34.9. The zero-order chi connectivity index (χ0) is 59.5. The van der Waals surface area contributed by atoms with Crippen LogP contribution in [0.15, 0.2) is 48.6 Å². The SMILES string of the molecule is CCCCC/C=C\C/C=C\CCCCCCCC(=O)OCCCCCCCCCCCCCC/C=C\CCCCCCCCCCCCCCCCC(=O)NC(COC1OC(CO)C(O)C(O)C1O)C(O)/C=C/CCCCCCCCC. The second-order valence-electron chi connectivity index (χ2n) is 24.2. The van der Waals surface area contributed by atoms with Gasteiger partial charge in [-0.15, -0.1) is 0 Å². The van der Waals surface area contributed by atoms with Crippen molar-refractivity contribution in [3.63, 3.8) is 0 Å². The first-order valence-corrected chi connectivity index (χ1v) is 34.9. The van der Waals surface area contributed by atoms with Crippen molar-refractivity contribution in [2.45, 2.75) is 371 Å². The van der Waals surface area contributed by atoms with Crippen LogP contribution in [0.4, 0.5) is 0 Å². The summed E-state index contributed by atoms with van der Waals surface area (Å²) in [4.78, 5) is 25.1. The van der Waals surface area contributed by atoms with Crippen LogP contribution in [0.25, 0.3) is 0 Å². The van der Waals surface area contributed by atoms with Gasteiger partial charge in [0.15, 0.2) is 6.29 Å². The minimum absolute atomic E-state index is 0.00537. The molecule has 11 heteroatoms. The second-order valence-corrected chi connectivity index (χ2v) is 24.2. The van der Waals surface area contributed by atoms with Crippen molar-refractivity contribution in [2.24, 2.45) is 0 Å². The number of carbonyl (C=O) groups is 2. The number of allylic oxidation sites excluding steroid dienone is 7. The molecule has 0 aromatic heterocycles. The van der Waals surface area contributed by atoms with E-state index in [0.717, 1.165) is 64.2 Å². The van der Waals surface area contributed by atoms with Gasteiger partial charge in [0.1, 0.15) is 24.4 Å². The summed E-state index contributed by atoms with van der Waals surface area (Å²) in [6.07, 6.45) is 68.3. The normalized spacial score (nSPS) is 18.5. The van der Waals surface area contributed by atoms with Gasteiger partial charge in [0, 0.05) is 12.8 Å². The number of hydrogen-bond donors (Lipinski definition) is 6. The fourth-order valence-corrected chi connectivity index (χ4v) is 10.9. The molecule has 0 saturated carbocycles. The van der Waals surface area contributed by atoms with Crippen LogP contribution in [-0.4, -0.2) is 100 Å². The largest absolute Gasteiger partial charge is 0.466 e. The Morgan fingerprint density at radius 1 is 0.451 bits per heavy atom. The quantitative estimate of drug-likeness (QED) is 0.0195. The lowest BCUT2D eigenvalue weighted by molar-refractivity contribution is -0.302. The Bertz CT molecular complexity index is 1500. The molecule has 0 spiro atoms. The Morgan fingerprint density at radius 3 is 1.27 bits per heavy atom. The number of ether oxygens (including phenoxy) is 3. The zero-order valence-electron chi connectivity index (χ0n) is 53.2. The summed E-state index contributed by atoms with van der Waals surface area (Å²) in [7, 11) is 0. The standard InChI is InChI=1S/C71H131NO10/c1-3-5-7-9-11-13-14-15-32-36-39-43-47-51-55-59-67(76)80-60-56-52-48-44-40-37-34-31-29-27-25-23-21-19-17-16-18-20-22-24-26-28-30-33-35-38-42-46-50-54-58-66(75)72-63(64(74)57-53-49-45-41-12-10-8-6-4-2)62-81-71-70(79)69(78)68(77)65(61-73)82-71/h11,13,15,17,19,32,53,57,63-65,68-71,73-74,77-79H,3-10,12,14,16,18,20-31,33-52,54-56,58-62H2,1-2H3,(H,72,75)/b13-11-,19-17-,32-15-,57-53+. The van der Waals surface area contributed by atoms with E-state index in [0.29, 0.717) is 19.4 Å². The van der Waals surface area contributed by atoms with Gasteiger partial charge in [-0.1, -0.05) is 274 Å². The number of amides is 1. The maximum Gasteiger partial charge on any atom is 0.305 e. The van der Waals surface area contributed by atoms with Crippen molar-refractivity contribution in [3.05, 3.63) is 48.6 Å². The summed E-state index contributed by atoms with van der Waals surface area (Å²) in [5.74, 6) is -0.187. The third kappa shape index (κ3) is 48.8. The third-order valence-corrected chi connectivity index (χ3v) is 16.4. The summed E-state index contributed by atoms with van der Waals surface area (Å²) in [5, 5.41) is 54.3. The van der Waals surface area contributed by atoms with Crippen LogP contribution >= 0.6 is 0 Å². The first kappa shape index (κ1) is 77.6. The smallest absolute Gasteiger partial charge is 0.305 e. The lowest BCUT2D eigenvalue weighted by atomic mass is 9.99. The number of rotatable bonds is 61. The molecular weight excluding hydrogens is 1030 g/mol. The molecule has 1 saturated heterocycles. The topological polar surface area (TPSA) is 175 Å². The highest BCUT2D eigenvalue weighted by Gasteiger charge is 2.44. The molecule has 0 aromatic rings. The molecule has 7 unspecified atom stereocenters. The van der Waals surface area contributed by atoms with Crippen LogP contribution in [0.2, 0.25) is 0 Å². The molecule has 0 bridgehead atoms. The number of nitrogens with one attached hydrogen (secondary N) is 1. The van der Waals surface area contributed by atoms with Gasteiger partial charge in [0.05, 0.1) is 32.0 Å². The number of unbranched alkanes of at least 4 members (excludes halogenated alkanes) is 41. The van der Waals surface area contributed by atoms with Crippen LogP contribution in [0.1, 0.15) is 328 Å². The number of aliphatic hydroxyl groups is 5. The maximum absolute atomic E-state index is 13.0. The highest BCUT2D eigenvalue weighted by atomic mass is 16.7. The Hall–Kier alpha value is -2.38. The Labute approximate surface area is 504 Å². The van der Waals surface area contributed by atoms with E-state index in [-0.39, 0.29) is 18.5 Å². The predicted octanol–water partition coefficient (Wildman–Crippen LogP) is 17.6. The van der Waals surface area contributed by atoms with Crippen LogP contribution < -0.4 is 5.32 Å². The van der Waals surface area contributed by atoms with Gasteiger partial charge in [-0.2, -0.15) is 0 Å². The van der Waals surface area contributed by atoms with Crippen LogP contribution in [0, 0.1) is 0 Å².